The van der Waals surface area contributed by atoms with Gasteiger partial charge >= 0.3 is 0 Å². The number of amidine groups is 1. The molecule has 0 atom stereocenters. The zero-order valence-electron chi connectivity index (χ0n) is 10.7. The van der Waals surface area contributed by atoms with Crippen molar-refractivity contribution in [3.05, 3.63) is 65.5 Å². The van der Waals surface area contributed by atoms with E-state index in [0.29, 0.717) is 12.1 Å². The molecule has 0 bridgehead atoms. The molecule has 0 aliphatic heterocycles. The Labute approximate surface area is 112 Å². The number of halogens is 1. The number of nitrogen functional groups attached to an aromatic ring is 1. The number of benzene rings is 2. The van der Waals surface area contributed by atoms with Crippen molar-refractivity contribution in [2.45, 2.75) is 6.54 Å². The summed E-state index contributed by atoms with van der Waals surface area (Å²) in [5, 5.41) is 7.33. The Morgan fingerprint density at radius 3 is 2.21 bits per heavy atom. The topological polar surface area (TPSA) is 53.1 Å². The van der Waals surface area contributed by atoms with E-state index in [1.54, 1.807) is 12.1 Å². The fraction of sp³-hybridized carbons (Fsp3) is 0.133. The van der Waals surface area contributed by atoms with Gasteiger partial charge in [0.05, 0.1) is 0 Å². The molecule has 0 saturated heterocycles. The van der Waals surface area contributed by atoms with Crippen LogP contribution in [-0.4, -0.2) is 12.9 Å². The van der Waals surface area contributed by atoms with Crippen molar-refractivity contribution in [1.82, 2.24) is 0 Å². The Balaban J connectivity index is 2.08. The van der Waals surface area contributed by atoms with Crippen LogP contribution < -0.4 is 10.6 Å². The summed E-state index contributed by atoms with van der Waals surface area (Å²) in [5.41, 5.74) is 8.19. The average molecular weight is 257 g/mol. The average Bonchev–Trinajstić information content (AvgIpc) is 2.40. The van der Waals surface area contributed by atoms with Crippen LogP contribution in [0.4, 0.5) is 10.1 Å². The third kappa shape index (κ3) is 3.31. The van der Waals surface area contributed by atoms with E-state index in [-0.39, 0.29) is 11.7 Å². The molecule has 2 aromatic carbocycles. The van der Waals surface area contributed by atoms with E-state index in [4.69, 9.17) is 11.1 Å². The molecule has 0 amide bonds. The van der Waals surface area contributed by atoms with Gasteiger partial charge in [0, 0.05) is 24.8 Å². The summed E-state index contributed by atoms with van der Waals surface area (Å²) in [5.74, 6) is -0.165. The smallest absolute Gasteiger partial charge is 0.123 e. The molecular formula is C15H16FN3. The fourth-order valence-corrected chi connectivity index (χ4v) is 1.85. The largest absolute Gasteiger partial charge is 0.384 e. The van der Waals surface area contributed by atoms with Gasteiger partial charge in [-0.2, -0.15) is 0 Å². The second-order valence-corrected chi connectivity index (χ2v) is 4.44. The molecule has 3 nitrogen and oxygen atoms in total. The van der Waals surface area contributed by atoms with Crippen molar-refractivity contribution >= 4 is 11.5 Å². The Hall–Kier alpha value is -2.36. The molecule has 2 aromatic rings. The molecule has 0 heterocycles. The zero-order chi connectivity index (χ0) is 13.8. The first-order chi connectivity index (χ1) is 9.06. The number of hydrogen-bond acceptors (Lipinski definition) is 2. The summed E-state index contributed by atoms with van der Waals surface area (Å²) in [6.07, 6.45) is 0. The quantitative estimate of drug-likeness (QED) is 0.653. The predicted octanol–water partition coefficient (Wildman–Crippen LogP) is 2.75. The highest BCUT2D eigenvalue weighted by Crippen LogP contribution is 2.16. The molecule has 0 saturated carbocycles. The third-order valence-corrected chi connectivity index (χ3v) is 2.95. The van der Waals surface area contributed by atoms with E-state index in [0.717, 1.165) is 11.3 Å². The minimum absolute atomic E-state index is 0.0680. The van der Waals surface area contributed by atoms with Crippen molar-refractivity contribution in [2.75, 3.05) is 11.9 Å². The van der Waals surface area contributed by atoms with E-state index < -0.39 is 0 Å². The van der Waals surface area contributed by atoms with Gasteiger partial charge in [-0.1, -0.05) is 24.3 Å². The minimum Gasteiger partial charge on any atom is -0.384 e. The highest BCUT2D eigenvalue weighted by atomic mass is 19.1. The molecule has 0 radical (unpaired) electrons. The first-order valence-electron chi connectivity index (χ1n) is 5.96. The van der Waals surface area contributed by atoms with Crippen molar-refractivity contribution < 1.29 is 4.39 Å². The van der Waals surface area contributed by atoms with Crippen LogP contribution in [0.5, 0.6) is 0 Å². The molecule has 0 aliphatic rings. The number of nitrogens with one attached hydrogen (secondary N) is 1. The summed E-state index contributed by atoms with van der Waals surface area (Å²) in [4.78, 5) is 2.03. The molecule has 4 heteroatoms. The van der Waals surface area contributed by atoms with Crippen LogP contribution in [0.25, 0.3) is 0 Å². The summed E-state index contributed by atoms with van der Waals surface area (Å²) < 4.78 is 12.8. The molecular weight excluding hydrogens is 241 g/mol. The molecule has 98 valence electrons. The number of nitrogens with zero attached hydrogens (tertiary/aromatic N) is 1. The lowest BCUT2D eigenvalue weighted by atomic mass is 10.1. The van der Waals surface area contributed by atoms with Crippen LogP contribution in [0.3, 0.4) is 0 Å². The van der Waals surface area contributed by atoms with Crippen molar-refractivity contribution in [3.63, 3.8) is 0 Å². The molecule has 0 aliphatic carbocycles. The lowest BCUT2D eigenvalue weighted by Crippen LogP contribution is -2.16. The van der Waals surface area contributed by atoms with Gasteiger partial charge in [0.1, 0.15) is 11.7 Å². The van der Waals surface area contributed by atoms with Gasteiger partial charge < -0.3 is 10.6 Å². The number of anilines is 1. The standard InChI is InChI=1S/C15H16FN3/c1-19(14-8-6-13(16)7-9-14)10-11-2-4-12(5-3-11)15(17)18/h2-9H,10H2,1H3,(H3,17,18). The van der Waals surface area contributed by atoms with Gasteiger partial charge in [-0.3, -0.25) is 5.41 Å². The van der Waals surface area contributed by atoms with Crippen molar-refractivity contribution in [3.8, 4) is 0 Å². The maximum atomic E-state index is 12.8. The SMILES string of the molecule is CN(Cc1ccc(C(=N)N)cc1)c1ccc(F)cc1. The maximum absolute atomic E-state index is 12.8. The van der Waals surface area contributed by atoms with Crippen LogP contribution in [-0.2, 0) is 6.54 Å². The predicted molar refractivity (Wildman–Crippen MR) is 76.0 cm³/mol. The minimum atomic E-state index is -0.233. The van der Waals surface area contributed by atoms with Gasteiger partial charge in [0.2, 0.25) is 0 Å². The summed E-state index contributed by atoms with van der Waals surface area (Å²) in [6.45, 7) is 0.712. The molecule has 19 heavy (non-hydrogen) atoms. The van der Waals surface area contributed by atoms with E-state index in [9.17, 15) is 4.39 Å². The molecule has 3 N–H and O–H groups in total. The van der Waals surface area contributed by atoms with E-state index in [1.165, 1.54) is 12.1 Å². The highest BCUT2D eigenvalue weighted by molar-refractivity contribution is 5.94. The second kappa shape index (κ2) is 5.52. The first kappa shape index (κ1) is 13.1. The molecule has 0 unspecified atom stereocenters. The van der Waals surface area contributed by atoms with E-state index >= 15 is 0 Å². The fourth-order valence-electron chi connectivity index (χ4n) is 1.85. The Morgan fingerprint density at radius 2 is 1.68 bits per heavy atom. The second-order valence-electron chi connectivity index (χ2n) is 4.44. The van der Waals surface area contributed by atoms with Gasteiger partial charge in [-0.15, -0.1) is 0 Å². The molecule has 0 aromatic heterocycles. The summed E-state index contributed by atoms with van der Waals surface area (Å²) in [6, 6.07) is 13.9. The number of rotatable bonds is 4. The van der Waals surface area contributed by atoms with Gasteiger partial charge in [-0.25, -0.2) is 4.39 Å². The van der Waals surface area contributed by atoms with Crippen LogP contribution in [0, 0.1) is 11.2 Å². The maximum Gasteiger partial charge on any atom is 0.123 e. The van der Waals surface area contributed by atoms with Crippen LogP contribution in [0.1, 0.15) is 11.1 Å². The van der Waals surface area contributed by atoms with Crippen molar-refractivity contribution in [1.29, 1.82) is 5.41 Å². The monoisotopic (exact) mass is 257 g/mol. The van der Waals surface area contributed by atoms with Crippen LogP contribution in [0.15, 0.2) is 48.5 Å². The van der Waals surface area contributed by atoms with Crippen LogP contribution >= 0.6 is 0 Å². The van der Waals surface area contributed by atoms with Gasteiger partial charge in [-0.05, 0) is 29.8 Å². The Morgan fingerprint density at radius 1 is 1.11 bits per heavy atom. The van der Waals surface area contributed by atoms with E-state index in [1.807, 2.05) is 36.2 Å². The molecule has 2 rings (SSSR count). The van der Waals surface area contributed by atoms with Crippen LogP contribution in [0.2, 0.25) is 0 Å². The van der Waals surface area contributed by atoms with Crippen molar-refractivity contribution in [2.24, 2.45) is 5.73 Å². The first-order valence-corrected chi connectivity index (χ1v) is 5.96. The zero-order valence-corrected chi connectivity index (χ0v) is 10.7. The van der Waals surface area contributed by atoms with Gasteiger partial charge in [0.25, 0.3) is 0 Å². The normalized spacial score (nSPS) is 10.2. The van der Waals surface area contributed by atoms with E-state index in [2.05, 4.69) is 0 Å². The number of nitrogens with two attached hydrogens (primary N) is 1. The van der Waals surface area contributed by atoms with Gasteiger partial charge in [0.15, 0.2) is 0 Å². The third-order valence-electron chi connectivity index (χ3n) is 2.95. The summed E-state index contributed by atoms with van der Waals surface area (Å²) in [7, 11) is 1.95. The summed E-state index contributed by atoms with van der Waals surface area (Å²) >= 11 is 0. The number of hydrogen-bond donors (Lipinski definition) is 2. The Bertz CT molecular complexity index is 561. The molecule has 0 fully saturated rings. The lowest BCUT2D eigenvalue weighted by molar-refractivity contribution is 0.627. The highest BCUT2D eigenvalue weighted by Gasteiger charge is 2.03. The Kier molecular flexibility index (Phi) is 3.80. The lowest BCUT2D eigenvalue weighted by Gasteiger charge is -2.19. The molecule has 0 spiro atoms.